The van der Waals surface area contributed by atoms with Gasteiger partial charge in [0.2, 0.25) is 0 Å². The Labute approximate surface area is 234 Å². The van der Waals surface area contributed by atoms with E-state index in [-0.39, 0.29) is 29.8 Å². The highest BCUT2D eigenvalue weighted by Crippen LogP contribution is 2.39. The number of rotatable bonds is 10. The number of anilines is 1. The van der Waals surface area contributed by atoms with Crippen LogP contribution in [0.1, 0.15) is 31.2 Å². The van der Waals surface area contributed by atoms with Gasteiger partial charge in [-0.2, -0.15) is 0 Å². The fourth-order valence-corrected chi connectivity index (χ4v) is 5.28. The molecular formula is C26H25Cl3N2O5S. The Morgan fingerprint density at radius 2 is 1.84 bits per heavy atom. The lowest BCUT2D eigenvalue weighted by Crippen LogP contribution is -2.34. The molecule has 0 spiro atoms. The summed E-state index contributed by atoms with van der Waals surface area (Å²) in [7, 11) is 1.30. The smallest absolute Gasteiger partial charge is 0.334 e. The molecule has 3 rings (SSSR count). The van der Waals surface area contributed by atoms with Gasteiger partial charge < -0.3 is 14.4 Å². The summed E-state index contributed by atoms with van der Waals surface area (Å²) in [4.78, 5) is 44.6. The third kappa shape index (κ3) is 7.74. The number of aromatic nitrogens is 1. The van der Waals surface area contributed by atoms with E-state index in [0.29, 0.717) is 50.3 Å². The molecule has 0 fully saturated rings. The minimum atomic E-state index is -0.535. The van der Waals surface area contributed by atoms with Crippen LogP contribution in [-0.2, 0) is 30.4 Å². The van der Waals surface area contributed by atoms with E-state index < -0.39 is 11.9 Å². The molecule has 0 N–H and O–H groups in total. The number of halogens is 3. The molecule has 7 nitrogen and oxygen atoms in total. The minimum Gasteiger partial charge on any atom is -0.468 e. The standard InChI is InChI=1S/C26H25Cl3N2O5S/c1-3-10-36-26(34)18-7-5-4-6-17(18)25(33)31(14-16-8-9-23(29)30-13-16)21-12-22(20(28)11-19(21)27)37-15-24(32)35-2/h3,8-9,11-13H,1,4-7,10,14-15H2,2H3. The summed E-state index contributed by atoms with van der Waals surface area (Å²) in [6.45, 7) is 3.72. The molecule has 1 aliphatic rings. The van der Waals surface area contributed by atoms with Crippen molar-refractivity contribution < 1.29 is 23.9 Å². The zero-order valence-electron chi connectivity index (χ0n) is 20.1. The summed E-state index contributed by atoms with van der Waals surface area (Å²) in [6.07, 6.45) is 5.41. The molecule has 1 aromatic carbocycles. The number of amides is 1. The number of hydrogen-bond acceptors (Lipinski definition) is 7. The molecule has 0 unspecified atom stereocenters. The average molecular weight is 584 g/mol. The topological polar surface area (TPSA) is 85.8 Å². The zero-order chi connectivity index (χ0) is 26.9. The second-order valence-corrected chi connectivity index (χ2v) is 10.2. The lowest BCUT2D eigenvalue weighted by molar-refractivity contribution is -0.138. The van der Waals surface area contributed by atoms with Crippen LogP contribution >= 0.6 is 46.6 Å². The highest BCUT2D eigenvalue weighted by Gasteiger charge is 2.30. The summed E-state index contributed by atoms with van der Waals surface area (Å²) < 4.78 is 9.97. The van der Waals surface area contributed by atoms with Crippen molar-refractivity contribution in [3.05, 3.63) is 75.0 Å². The van der Waals surface area contributed by atoms with Crippen LogP contribution in [0.25, 0.3) is 0 Å². The van der Waals surface area contributed by atoms with Crippen molar-refractivity contribution >= 4 is 70.1 Å². The van der Waals surface area contributed by atoms with Gasteiger partial charge in [-0.05, 0) is 49.4 Å². The van der Waals surface area contributed by atoms with E-state index in [0.717, 1.165) is 24.6 Å². The van der Waals surface area contributed by atoms with Crippen molar-refractivity contribution in [3.63, 3.8) is 0 Å². The van der Waals surface area contributed by atoms with Gasteiger partial charge in [-0.25, -0.2) is 9.78 Å². The first-order valence-electron chi connectivity index (χ1n) is 11.4. The molecule has 1 aromatic heterocycles. The summed E-state index contributed by atoms with van der Waals surface area (Å²) in [5, 5.41) is 0.874. The number of carbonyl (C=O) groups excluding carboxylic acids is 3. The van der Waals surface area contributed by atoms with Crippen molar-refractivity contribution in [3.8, 4) is 0 Å². The van der Waals surface area contributed by atoms with Gasteiger partial charge in [-0.15, -0.1) is 11.8 Å². The van der Waals surface area contributed by atoms with Crippen molar-refractivity contribution in [1.82, 2.24) is 4.98 Å². The Balaban J connectivity index is 2.08. The normalized spacial score (nSPS) is 13.2. The van der Waals surface area contributed by atoms with Crippen LogP contribution in [0.5, 0.6) is 0 Å². The highest BCUT2D eigenvalue weighted by molar-refractivity contribution is 8.00. The lowest BCUT2D eigenvalue weighted by atomic mass is 9.90. The number of carbonyl (C=O) groups is 3. The van der Waals surface area contributed by atoms with Crippen LogP contribution in [0.4, 0.5) is 5.69 Å². The SMILES string of the molecule is C=CCOC(=O)C1=C(C(=O)N(Cc2ccc(Cl)nc2)c2cc(SCC(=O)OC)c(Cl)cc2Cl)CCCC1. The number of ether oxygens (including phenoxy) is 2. The Hall–Kier alpha value is -2.52. The van der Waals surface area contributed by atoms with Crippen molar-refractivity contribution in [2.45, 2.75) is 37.1 Å². The maximum absolute atomic E-state index is 14.0. The summed E-state index contributed by atoms with van der Waals surface area (Å²) in [5.74, 6) is -1.31. The second-order valence-electron chi connectivity index (χ2n) is 8.03. The van der Waals surface area contributed by atoms with Crippen molar-refractivity contribution in [2.24, 2.45) is 0 Å². The van der Waals surface area contributed by atoms with Gasteiger partial charge in [-0.1, -0.05) is 53.5 Å². The molecule has 0 saturated carbocycles. The molecule has 0 saturated heterocycles. The first-order valence-corrected chi connectivity index (χ1v) is 13.5. The predicted molar refractivity (Wildman–Crippen MR) is 146 cm³/mol. The number of benzene rings is 1. The van der Waals surface area contributed by atoms with Gasteiger partial charge in [0.1, 0.15) is 11.8 Å². The van der Waals surface area contributed by atoms with Gasteiger partial charge in [0.25, 0.3) is 5.91 Å². The summed E-state index contributed by atoms with van der Waals surface area (Å²) in [5.41, 5.74) is 1.79. The van der Waals surface area contributed by atoms with Crippen molar-refractivity contribution in [2.75, 3.05) is 24.4 Å². The van der Waals surface area contributed by atoms with Gasteiger partial charge in [0.15, 0.2) is 0 Å². The largest absolute Gasteiger partial charge is 0.468 e. The summed E-state index contributed by atoms with van der Waals surface area (Å²) in [6, 6.07) is 6.55. The maximum atomic E-state index is 14.0. The molecule has 2 aromatic rings. The van der Waals surface area contributed by atoms with Crippen LogP contribution in [-0.4, -0.2) is 42.3 Å². The number of methoxy groups -OCH3 is 1. The molecule has 37 heavy (non-hydrogen) atoms. The quantitative estimate of drug-likeness (QED) is 0.138. The molecule has 0 bridgehead atoms. The van der Waals surface area contributed by atoms with Crippen LogP contribution < -0.4 is 4.90 Å². The number of hydrogen-bond donors (Lipinski definition) is 0. The van der Waals surface area contributed by atoms with Gasteiger partial charge >= 0.3 is 11.9 Å². The molecule has 0 radical (unpaired) electrons. The molecule has 0 atom stereocenters. The first-order chi connectivity index (χ1) is 17.7. The van der Waals surface area contributed by atoms with Crippen molar-refractivity contribution in [1.29, 1.82) is 0 Å². The third-order valence-corrected chi connectivity index (χ3v) is 7.52. The Bertz CT molecular complexity index is 1220. The average Bonchev–Trinajstić information content (AvgIpc) is 2.90. The second kappa shape index (κ2) is 13.9. The van der Waals surface area contributed by atoms with E-state index in [1.54, 1.807) is 24.4 Å². The number of esters is 2. The van der Waals surface area contributed by atoms with E-state index in [2.05, 4.69) is 11.6 Å². The highest BCUT2D eigenvalue weighted by atomic mass is 35.5. The fourth-order valence-electron chi connectivity index (χ4n) is 3.73. The number of thioether (sulfide) groups is 1. The Kier molecular flexibility index (Phi) is 10.9. The van der Waals surface area contributed by atoms with Gasteiger partial charge in [-0.3, -0.25) is 9.59 Å². The molecule has 196 valence electrons. The van der Waals surface area contributed by atoms with Crippen LogP contribution in [0.3, 0.4) is 0 Å². The van der Waals surface area contributed by atoms with E-state index in [1.807, 2.05) is 0 Å². The molecule has 1 aliphatic carbocycles. The van der Waals surface area contributed by atoms with E-state index in [9.17, 15) is 14.4 Å². The van der Waals surface area contributed by atoms with Gasteiger partial charge in [0.05, 0.1) is 35.1 Å². The minimum absolute atomic E-state index is 0.0246. The monoisotopic (exact) mass is 582 g/mol. The molecule has 1 amide bonds. The van der Waals surface area contributed by atoms with Gasteiger partial charge in [0, 0.05) is 22.2 Å². The maximum Gasteiger partial charge on any atom is 0.334 e. The van der Waals surface area contributed by atoms with Crippen LogP contribution in [0.15, 0.2) is 59.2 Å². The fraction of sp³-hybridized carbons (Fsp3) is 0.308. The molecular weight excluding hydrogens is 559 g/mol. The molecule has 0 aliphatic heterocycles. The summed E-state index contributed by atoms with van der Waals surface area (Å²) >= 11 is 20.1. The molecule has 11 heteroatoms. The lowest BCUT2D eigenvalue weighted by Gasteiger charge is -2.28. The Morgan fingerprint density at radius 1 is 1.11 bits per heavy atom. The third-order valence-electron chi connectivity index (χ3n) is 5.54. The zero-order valence-corrected chi connectivity index (χ0v) is 23.2. The van der Waals surface area contributed by atoms with E-state index in [1.165, 1.54) is 24.2 Å². The molecule has 1 heterocycles. The number of nitrogens with zero attached hydrogens (tertiary/aromatic N) is 2. The number of pyridine rings is 1. The van der Waals surface area contributed by atoms with E-state index in [4.69, 9.17) is 44.3 Å². The first kappa shape index (κ1) is 29.0. The predicted octanol–water partition coefficient (Wildman–Crippen LogP) is 6.44. The van der Waals surface area contributed by atoms with Crippen LogP contribution in [0.2, 0.25) is 15.2 Å². The van der Waals surface area contributed by atoms with Crippen LogP contribution in [0, 0.1) is 0 Å². The van der Waals surface area contributed by atoms with E-state index >= 15 is 0 Å². The Morgan fingerprint density at radius 3 is 2.49 bits per heavy atom.